The van der Waals surface area contributed by atoms with E-state index in [0.29, 0.717) is 5.30 Å². The topological polar surface area (TPSA) is 0 Å². The van der Waals surface area contributed by atoms with Gasteiger partial charge in [-0.1, -0.05) is 21.3 Å². The van der Waals surface area contributed by atoms with Crippen LogP contribution in [0.2, 0.25) is 0 Å². The van der Waals surface area contributed by atoms with E-state index in [4.69, 9.17) is 0 Å². The van der Waals surface area contributed by atoms with E-state index >= 15 is 0 Å². The molecule has 0 fully saturated rings. The van der Waals surface area contributed by atoms with E-state index in [-0.39, 0.29) is 11.6 Å². The summed E-state index contributed by atoms with van der Waals surface area (Å²) in [5.74, 6) is -0.608. The predicted molar refractivity (Wildman–Crippen MR) is 58.6 cm³/mol. The number of hydrogen-bond donors (Lipinski definition) is 0. The predicted octanol–water partition coefficient (Wildman–Crippen LogP) is 3.50. The van der Waals surface area contributed by atoms with Crippen molar-refractivity contribution in [2.75, 3.05) is 12.8 Å². The number of halogens is 2. The summed E-state index contributed by atoms with van der Waals surface area (Å²) >= 11 is 0. The highest BCUT2D eigenvalue weighted by Crippen LogP contribution is 2.31. The van der Waals surface area contributed by atoms with Gasteiger partial charge in [-0.15, -0.1) is 0 Å². The van der Waals surface area contributed by atoms with Gasteiger partial charge in [-0.2, -0.15) is 0 Å². The van der Waals surface area contributed by atoms with Gasteiger partial charge in [0.25, 0.3) is 0 Å². The maximum absolute atomic E-state index is 13.3. The molecule has 0 radical (unpaired) electrons. The van der Waals surface area contributed by atoms with Crippen molar-refractivity contribution >= 4 is 13.2 Å². The highest BCUT2D eigenvalue weighted by Gasteiger charge is 2.10. The fourth-order valence-electron chi connectivity index (χ4n) is 1.29. The number of rotatable bonds is 4. The van der Waals surface area contributed by atoms with Crippen molar-refractivity contribution in [2.24, 2.45) is 0 Å². The van der Waals surface area contributed by atoms with Crippen molar-refractivity contribution in [2.45, 2.75) is 19.8 Å². The molecule has 1 aromatic rings. The van der Waals surface area contributed by atoms with Crippen LogP contribution in [-0.2, 0) is 0 Å². The number of hydrogen-bond acceptors (Lipinski definition) is 0. The minimum Gasteiger partial charge on any atom is -0.207 e. The first-order chi connectivity index (χ1) is 6.65. The largest absolute Gasteiger partial charge is 0.207 e. The molecule has 0 saturated heterocycles. The van der Waals surface area contributed by atoms with Gasteiger partial charge in [-0.3, -0.25) is 0 Å². The summed E-state index contributed by atoms with van der Waals surface area (Å²) < 4.78 is 26.2. The van der Waals surface area contributed by atoms with Crippen LogP contribution in [0.15, 0.2) is 18.2 Å². The molecule has 1 atom stereocenters. The summed E-state index contributed by atoms with van der Waals surface area (Å²) in [4.78, 5) is 0. The van der Waals surface area contributed by atoms with Gasteiger partial charge in [0.1, 0.15) is 11.6 Å². The van der Waals surface area contributed by atoms with Crippen LogP contribution in [0, 0.1) is 11.6 Å². The van der Waals surface area contributed by atoms with Crippen molar-refractivity contribution in [3.63, 3.8) is 0 Å². The standard InChI is InChI=1S/C11H15F2P/c1-3-4-7-14(2)11-8-9(12)5-6-10(11)13/h5-6,8H,3-4,7H2,1-2H3. The highest BCUT2D eigenvalue weighted by atomic mass is 31.1. The zero-order valence-electron chi connectivity index (χ0n) is 8.56. The first-order valence-electron chi connectivity index (χ1n) is 4.81. The molecule has 0 amide bonds. The van der Waals surface area contributed by atoms with Gasteiger partial charge in [0.05, 0.1) is 0 Å². The molecule has 3 heteroatoms. The molecule has 1 aromatic carbocycles. The van der Waals surface area contributed by atoms with Crippen LogP contribution in [0.3, 0.4) is 0 Å². The lowest BCUT2D eigenvalue weighted by atomic mass is 10.3. The lowest BCUT2D eigenvalue weighted by Crippen LogP contribution is -2.08. The summed E-state index contributed by atoms with van der Waals surface area (Å²) in [5, 5.41) is 0.563. The van der Waals surface area contributed by atoms with Crippen molar-refractivity contribution in [3.8, 4) is 0 Å². The Hall–Kier alpha value is -0.490. The van der Waals surface area contributed by atoms with Crippen LogP contribution >= 0.6 is 7.92 Å². The Bertz CT molecular complexity index is 299. The van der Waals surface area contributed by atoms with Gasteiger partial charge >= 0.3 is 0 Å². The Kier molecular flexibility index (Phi) is 4.47. The van der Waals surface area contributed by atoms with Crippen LogP contribution < -0.4 is 5.30 Å². The molecule has 0 N–H and O–H groups in total. The molecule has 0 bridgehead atoms. The van der Waals surface area contributed by atoms with E-state index in [2.05, 4.69) is 6.92 Å². The van der Waals surface area contributed by atoms with Gasteiger partial charge in [-0.05, 0) is 37.4 Å². The Morgan fingerprint density at radius 1 is 1.29 bits per heavy atom. The number of unbranched alkanes of at least 4 members (excludes halogenated alkanes) is 1. The fraction of sp³-hybridized carbons (Fsp3) is 0.455. The van der Waals surface area contributed by atoms with Gasteiger partial charge in [0, 0.05) is 5.30 Å². The summed E-state index contributed by atoms with van der Waals surface area (Å²) in [6, 6.07) is 3.72. The molecule has 0 aliphatic carbocycles. The summed E-state index contributed by atoms with van der Waals surface area (Å²) in [6.07, 6.45) is 3.16. The molecule has 0 spiro atoms. The molecule has 0 aromatic heterocycles. The molecule has 1 rings (SSSR count). The van der Waals surface area contributed by atoms with Gasteiger partial charge in [0.2, 0.25) is 0 Å². The number of benzene rings is 1. The molecule has 0 nitrogen and oxygen atoms in total. The van der Waals surface area contributed by atoms with Gasteiger partial charge in [0.15, 0.2) is 0 Å². The Balaban J connectivity index is 2.77. The molecule has 0 aliphatic rings. The summed E-state index contributed by atoms with van der Waals surface area (Å²) in [7, 11) is -0.534. The maximum atomic E-state index is 13.3. The van der Waals surface area contributed by atoms with Gasteiger partial charge in [-0.25, -0.2) is 8.78 Å². The third-order valence-corrected chi connectivity index (χ3v) is 4.32. The monoisotopic (exact) mass is 216 g/mol. The molecule has 1 unspecified atom stereocenters. The van der Waals surface area contributed by atoms with Crippen LogP contribution in [0.25, 0.3) is 0 Å². The van der Waals surface area contributed by atoms with Crippen LogP contribution in [0.1, 0.15) is 19.8 Å². The van der Waals surface area contributed by atoms with E-state index in [0.717, 1.165) is 19.0 Å². The minimum atomic E-state index is -0.534. The van der Waals surface area contributed by atoms with Crippen LogP contribution in [-0.4, -0.2) is 12.8 Å². The SMILES string of the molecule is CCCCP(C)c1cc(F)ccc1F. The van der Waals surface area contributed by atoms with Crippen molar-refractivity contribution in [3.05, 3.63) is 29.8 Å². The molecule has 0 aliphatic heterocycles. The maximum Gasteiger partial charge on any atom is 0.131 e. The average Bonchev–Trinajstić information content (AvgIpc) is 2.18. The lowest BCUT2D eigenvalue weighted by molar-refractivity contribution is 0.607. The van der Waals surface area contributed by atoms with Crippen LogP contribution in [0.5, 0.6) is 0 Å². The molecule has 0 heterocycles. The molecular formula is C11H15F2P. The Morgan fingerprint density at radius 3 is 2.64 bits per heavy atom. The third kappa shape index (κ3) is 3.02. The van der Waals surface area contributed by atoms with E-state index < -0.39 is 7.92 Å². The zero-order chi connectivity index (χ0) is 10.6. The van der Waals surface area contributed by atoms with Crippen molar-refractivity contribution < 1.29 is 8.78 Å². The Labute approximate surface area is 85.1 Å². The molecular weight excluding hydrogens is 201 g/mol. The molecule has 14 heavy (non-hydrogen) atoms. The second-order valence-electron chi connectivity index (χ2n) is 3.37. The summed E-state index contributed by atoms with van der Waals surface area (Å²) in [6.45, 7) is 4.11. The van der Waals surface area contributed by atoms with Crippen molar-refractivity contribution in [1.82, 2.24) is 0 Å². The van der Waals surface area contributed by atoms with Gasteiger partial charge < -0.3 is 0 Å². The second kappa shape index (κ2) is 5.41. The zero-order valence-corrected chi connectivity index (χ0v) is 9.45. The normalized spacial score (nSPS) is 12.9. The quantitative estimate of drug-likeness (QED) is 0.676. The lowest BCUT2D eigenvalue weighted by Gasteiger charge is -2.12. The van der Waals surface area contributed by atoms with E-state index in [1.807, 2.05) is 6.66 Å². The van der Waals surface area contributed by atoms with E-state index in [1.165, 1.54) is 18.2 Å². The average molecular weight is 216 g/mol. The fourth-order valence-corrected chi connectivity index (χ4v) is 3.11. The first kappa shape index (κ1) is 11.6. The molecule has 78 valence electrons. The third-order valence-electron chi connectivity index (χ3n) is 2.17. The first-order valence-corrected chi connectivity index (χ1v) is 6.78. The van der Waals surface area contributed by atoms with E-state index in [1.54, 1.807) is 0 Å². The molecule has 0 saturated carbocycles. The van der Waals surface area contributed by atoms with Crippen LogP contribution in [0.4, 0.5) is 8.78 Å². The smallest absolute Gasteiger partial charge is 0.131 e. The minimum absolute atomic E-state index is 0.267. The second-order valence-corrected chi connectivity index (χ2v) is 5.70. The van der Waals surface area contributed by atoms with E-state index in [9.17, 15) is 8.78 Å². The highest BCUT2D eigenvalue weighted by molar-refractivity contribution is 7.64. The van der Waals surface area contributed by atoms with Crippen molar-refractivity contribution in [1.29, 1.82) is 0 Å². The summed E-state index contributed by atoms with van der Waals surface area (Å²) in [5.41, 5.74) is 0. The Morgan fingerprint density at radius 2 is 2.00 bits per heavy atom.